The van der Waals surface area contributed by atoms with Crippen LogP contribution >= 0.6 is 0 Å². The molecule has 0 saturated carbocycles. The zero-order valence-electron chi connectivity index (χ0n) is 12.1. The van der Waals surface area contributed by atoms with Crippen molar-refractivity contribution in [3.8, 4) is 0 Å². The van der Waals surface area contributed by atoms with Gasteiger partial charge >= 0.3 is 0 Å². The Balaban J connectivity index is 2.48. The molecule has 0 radical (unpaired) electrons. The van der Waals surface area contributed by atoms with Crippen LogP contribution in [0.1, 0.15) is 19.8 Å². The van der Waals surface area contributed by atoms with E-state index in [4.69, 9.17) is 0 Å². The molecule has 1 rings (SSSR count). The Hall–Kier alpha value is -1.29. The molecule has 1 heterocycles. The summed E-state index contributed by atoms with van der Waals surface area (Å²) in [5.74, 6) is 0.966. The number of hydrogen-bond donors (Lipinski definition) is 1. The predicted octanol–water partition coefficient (Wildman–Crippen LogP) is 2.29. The molecule has 1 N–H and O–H groups in total. The lowest BCUT2D eigenvalue weighted by atomic mass is 10.3. The van der Waals surface area contributed by atoms with Gasteiger partial charge in [-0.15, -0.1) is 0 Å². The maximum absolute atomic E-state index is 4.32. The van der Waals surface area contributed by atoms with E-state index >= 15 is 0 Å². The van der Waals surface area contributed by atoms with Gasteiger partial charge in [-0.05, 0) is 39.5 Å². The van der Waals surface area contributed by atoms with E-state index in [2.05, 4.69) is 60.3 Å². The highest BCUT2D eigenvalue weighted by Crippen LogP contribution is 2.16. The molecular weight excluding hydrogens is 224 g/mol. The van der Waals surface area contributed by atoms with Crippen molar-refractivity contribution in [3.63, 3.8) is 0 Å². The average molecular weight is 250 g/mol. The highest BCUT2D eigenvalue weighted by molar-refractivity contribution is 5.53. The van der Waals surface area contributed by atoms with Crippen LogP contribution in [0.15, 0.2) is 18.3 Å². The summed E-state index contributed by atoms with van der Waals surface area (Å²) in [4.78, 5) is 8.82. The molecule has 4 nitrogen and oxygen atoms in total. The van der Waals surface area contributed by atoms with Gasteiger partial charge in [0.2, 0.25) is 0 Å². The SMILES string of the molecule is CCCNc1cc(N(C)CCCN(C)C)ccn1. The lowest BCUT2D eigenvalue weighted by Crippen LogP contribution is -2.23. The Bertz CT molecular complexity index is 338. The number of nitrogens with one attached hydrogen (secondary N) is 1. The summed E-state index contributed by atoms with van der Waals surface area (Å²) in [6.45, 7) is 5.32. The molecule has 18 heavy (non-hydrogen) atoms. The summed E-state index contributed by atoms with van der Waals surface area (Å²) in [5, 5.41) is 3.32. The fraction of sp³-hybridized carbons (Fsp3) is 0.643. The largest absolute Gasteiger partial charge is 0.374 e. The highest BCUT2D eigenvalue weighted by Gasteiger charge is 2.02. The highest BCUT2D eigenvalue weighted by atomic mass is 15.1. The quantitative estimate of drug-likeness (QED) is 0.767. The third-order valence-electron chi connectivity index (χ3n) is 2.84. The maximum atomic E-state index is 4.32. The van der Waals surface area contributed by atoms with Crippen molar-refractivity contribution in [2.75, 3.05) is 51.0 Å². The molecule has 0 aliphatic heterocycles. The summed E-state index contributed by atoms with van der Waals surface area (Å²) in [5.41, 5.74) is 1.22. The van der Waals surface area contributed by atoms with E-state index in [1.54, 1.807) is 0 Å². The van der Waals surface area contributed by atoms with Gasteiger partial charge in [0.15, 0.2) is 0 Å². The summed E-state index contributed by atoms with van der Waals surface area (Å²) < 4.78 is 0. The lowest BCUT2D eigenvalue weighted by Gasteiger charge is -2.21. The predicted molar refractivity (Wildman–Crippen MR) is 79.5 cm³/mol. The second kappa shape index (κ2) is 7.93. The van der Waals surface area contributed by atoms with Crippen molar-refractivity contribution in [2.24, 2.45) is 0 Å². The first-order chi connectivity index (χ1) is 8.63. The average Bonchev–Trinajstić information content (AvgIpc) is 2.36. The zero-order valence-corrected chi connectivity index (χ0v) is 12.1. The summed E-state index contributed by atoms with van der Waals surface area (Å²) in [7, 11) is 6.35. The van der Waals surface area contributed by atoms with Crippen LogP contribution in [0.2, 0.25) is 0 Å². The van der Waals surface area contributed by atoms with Gasteiger partial charge in [-0.1, -0.05) is 6.92 Å². The standard InChI is InChI=1S/C14H26N4/c1-5-8-15-14-12-13(7-9-16-14)18(4)11-6-10-17(2)3/h7,9,12H,5-6,8,10-11H2,1-4H3,(H,15,16). The van der Waals surface area contributed by atoms with E-state index in [0.29, 0.717) is 0 Å². The van der Waals surface area contributed by atoms with Gasteiger partial charge in [0.1, 0.15) is 5.82 Å². The third kappa shape index (κ3) is 5.36. The molecule has 0 aromatic carbocycles. The Morgan fingerprint density at radius 1 is 1.22 bits per heavy atom. The molecule has 102 valence electrons. The number of hydrogen-bond acceptors (Lipinski definition) is 4. The second-order valence-corrected chi connectivity index (χ2v) is 4.90. The first kappa shape index (κ1) is 14.8. The minimum atomic E-state index is 0.966. The van der Waals surface area contributed by atoms with Gasteiger partial charge in [-0.2, -0.15) is 0 Å². The molecule has 0 saturated heterocycles. The van der Waals surface area contributed by atoms with Crippen LogP contribution in [0.5, 0.6) is 0 Å². The van der Waals surface area contributed by atoms with E-state index in [1.807, 2.05) is 6.20 Å². The smallest absolute Gasteiger partial charge is 0.127 e. The van der Waals surface area contributed by atoms with Crippen molar-refractivity contribution in [2.45, 2.75) is 19.8 Å². The molecule has 0 unspecified atom stereocenters. The zero-order chi connectivity index (χ0) is 13.4. The van der Waals surface area contributed by atoms with E-state index in [9.17, 15) is 0 Å². The fourth-order valence-electron chi connectivity index (χ4n) is 1.76. The van der Waals surface area contributed by atoms with Gasteiger partial charge in [0.05, 0.1) is 0 Å². The molecule has 0 aliphatic carbocycles. The topological polar surface area (TPSA) is 31.4 Å². The summed E-state index contributed by atoms with van der Waals surface area (Å²) in [6.07, 6.45) is 4.16. The van der Waals surface area contributed by atoms with E-state index in [-0.39, 0.29) is 0 Å². The van der Waals surface area contributed by atoms with Crippen LogP contribution in [-0.2, 0) is 0 Å². The molecule has 0 bridgehead atoms. The Labute approximate surface area is 111 Å². The number of pyridine rings is 1. The normalized spacial score (nSPS) is 10.7. The van der Waals surface area contributed by atoms with Crippen molar-refractivity contribution in [1.29, 1.82) is 0 Å². The minimum absolute atomic E-state index is 0.966. The van der Waals surface area contributed by atoms with Gasteiger partial charge in [-0.3, -0.25) is 0 Å². The number of anilines is 2. The Morgan fingerprint density at radius 2 is 2.00 bits per heavy atom. The lowest BCUT2D eigenvalue weighted by molar-refractivity contribution is 0.401. The molecular formula is C14H26N4. The van der Waals surface area contributed by atoms with E-state index in [1.165, 1.54) is 12.1 Å². The monoisotopic (exact) mass is 250 g/mol. The van der Waals surface area contributed by atoms with Crippen molar-refractivity contribution >= 4 is 11.5 Å². The first-order valence-corrected chi connectivity index (χ1v) is 6.69. The number of rotatable bonds is 8. The molecule has 4 heteroatoms. The minimum Gasteiger partial charge on any atom is -0.374 e. The van der Waals surface area contributed by atoms with Crippen LogP contribution in [-0.4, -0.2) is 50.7 Å². The van der Waals surface area contributed by atoms with Crippen LogP contribution in [0.25, 0.3) is 0 Å². The van der Waals surface area contributed by atoms with Crippen LogP contribution < -0.4 is 10.2 Å². The van der Waals surface area contributed by atoms with Gasteiger partial charge < -0.3 is 15.1 Å². The molecule has 0 spiro atoms. The second-order valence-electron chi connectivity index (χ2n) is 4.90. The van der Waals surface area contributed by atoms with Crippen molar-refractivity contribution < 1.29 is 0 Å². The first-order valence-electron chi connectivity index (χ1n) is 6.69. The van der Waals surface area contributed by atoms with Gasteiger partial charge in [0.25, 0.3) is 0 Å². The number of nitrogens with zero attached hydrogens (tertiary/aromatic N) is 3. The van der Waals surface area contributed by atoms with Crippen molar-refractivity contribution in [1.82, 2.24) is 9.88 Å². The number of aromatic nitrogens is 1. The summed E-state index contributed by atoms with van der Waals surface area (Å²) in [6, 6.07) is 4.18. The van der Waals surface area contributed by atoms with Crippen LogP contribution in [0.3, 0.4) is 0 Å². The third-order valence-corrected chi connectivity index (χ3v) is 2.84. The van der Waals surface area contributed by atoms with E-state index in [0.717, 1.165) is 31.9 Å². The maximum Gasteiger partial charge on any atom is 0.127 e. The van der Waals surface area contributed by atoms with E-state index < -0.39 is 0 Å². The Morgan fingerprint density at radius 3 is 2.67 bits per heavy atom. The van der Waals surface area contributed by atoms with Crippen molar-refractivity contribution in [3.05, 3.63) is 18.3 Å². The Kier molecular flexibility index (Phi) is 6.50. The molecule has 1 aromatic heterocycles. The van der Waals surface area contributed by atoms with Gasteiger partial charge in [-0.25, -0.2) is 4.98 Å². The van der Waals surface area contributed by atoms with Crippen LogP contribution in [0, 0.1) is 0 Å². The van der Waals surface area contributed by atoms with Crippen LogP contribution in [0.4, 0.5) is 11.5 Å². The molecule has 1 aromatic rings. The van der Waals surface area contributed by atoms with Gasteiger partial charge in [0, 0.05) is 38.1 Å². The molecule has 0 amide bonds. The fourth-order valence-corrected chi connectivity index (χ4v) is 1.76. The molecule has 0 atom stereocenters. The summed E-state index contributed by atoms with van der Waals surface area (Å²) >= 11 is 0. The molecule has 0 aliphatic rings. The molecule has 0 fully saturated rings.